The van der Waals surface area contributed by atoms with Crippen molar-refractivity contribution in [1.82, 2.24) is 25.6 Å². The average molecular weight is 610 g/mol. The van der Waals surface area contributed by atoms with Crippen LogP contribution in [-0.2, 0) is 11.2 Å². The number of likely N-dealkylation sites (N-methyl/N-ethyl adjacent to an activating group) is 1. The second kappa shape index (κ2) is 14.8. The molecule has 0 aliphatic carbocycles. The van der Waals surface area contributed by atoms with Crippen molar-refractivity contribution in [3.63, 3.8) is 0 Å². The number of carbonyl (C=O) groups excluding carboxylic acids is 3. The number of benzene rings is 2. The Bertz CT molecular complexity index is 1400. The summed E-state index contributed by atoms with van der Waals surface area (Å²) in [7, 11) is 4.94. The second-order valence-electron chi connectivity index (χ2n) is 10.6. The fraction of sp³-hybridized carbons (Fsp3) is 0.400. The van der Waals surface area contributed by atoms with E-state index in [1.807, 2.05) is 12.1 Å². The van der Waals surface area contributed by atoms with Crippen molar-refractivity contribution >= 4 is 40.0 Å². The highest BCUT2D eigenvalue weighted by Gasteiger charge is 2.22. The van der Waals surface area contributed by atoms with Gasteiger partial charge >= 0.3 is 6.03 Å². The van der Waals surface area contributed by atoms with Gasteiger partial charge in [0.2, 0.25) is 11.0 Å². The van der Waals surface area contributed by atoms with Gasteiger partial charge in [-0.2, -0.15) is 0 Å². The van der Waals surface area contributed by atoms with Crippen LogP contribution in [0.3, 0.4) is 0 Å². The molecular weight excluding hydrogens is 570 g/mol. The van der Waals surface area contributed by atoms with Gasteiger partial charge in [0.1, 0.15) is 17.6 Å². The van der Waals surface area contributed by atoms with Gasteiger partial charge in [-0.25, -0.2) is 14.8 Å². The number of amides is 4. The van der Waals surface area contributed by atoms with Gasteiger partial charge in [-0.05, 0) is 69.2 Å². The Labute approximate surface area is 255 Å². The SMILES string of the molecule is CNC(=O)Cc1cc(NC(=O)NN(C)C)ccc1Oc1cnc(NC(=O)c2ccc(OC3CCN(C(C)C)CC3)cc2)s1. The molecule has 2 heterocycles. The van der Waals surface area contributed by atoms with Crippen LogP contribution in [0.1, 0.15) is 42.6 Å². The molecule has 13 heteroatoms. The third kappa shape index (κ3) is 9.40. The molecular formula is C30H39N7O5S. The van der Waals surface area contributed by atoms with E-state index in [2.05, 4.69) is 45.1 Å². The topological polar surface area (TPSA) is 137 Å². The number of piperidine rings is 1. The van der Waals surface area contributed by atoms with Crippen LogP contribution in [0, 0.1) is 0 Å². The predicted molar refractivity (Wildman–Crippen MR) is 167 cm³/mol. The molecule has 0 spiro atoms. The van der Waals surface area contributed by atoms with Gasteiger partial charge in [-0.1, -0.05) is 11.3 Å². The minimum Gasteiger partial charge on any atom is -0.490 e. The number of hydrogen-bond donors (Lipinski definition) is 4. The van der Waals surface area contributed by atoms with E-state index in [1.54, 1.807) is 51.5 Å². The summed E-state index contributed by atoms with van der Waals surface area (Å²) in [6, 6.07) is 12.2. The lowest BCUT2D eigenvalue weighted by Gasteiger charge is -2.34. The number of thiazole rings is 1. The molecule has 1 saturated heterocycles. The van der Waals surface area contributed by atoms with E-state index in [0.29, 0.717) is 38.8 Å². The summed E-state index contributed by atoms with van der Waals surface area (Å²) < 4.78 is 12.2. The van der Waals surface area contributed by atoms with Crippen molar-refractivity contribution in [2.75, 3.05) is 44.9 Å². The first-order valence-corrected chi connectivity index (χ1v) is 15.0. The number of nitrogens with zero attached hydrogens (tertiary/aromatic N) is 3. The number of urea groups is 1. The molecule has 0 bridgehead atoms. The van der Waals surface area contributed by atoms with E-state index in [4.69, 9.17) is 9.47 Å². The van der Waals surface area contributed by atoms with Gasteiger partial charge in [0.25, 0.3) is 5.91 Å². The molecule has 0 radical (unpaired) electrons. The lowest BCUT2D eigenvalue weighted by Crippen LogP contribution is -2.41. The molecule has 1 aliphatic heterocycles. The number of aromatic nitrogens is 1. The number of anilines is 2. The third-order valence-electron chi connectivity index (χ3n) is 6.81. The Kier molecular flexibility index (Phi) is 10.9. The summed E-state index contributed by atoms with van der Waals surface area (Å²) in [4.78, 5) is 43.8. The third-order valence-corrected chi connectivity index (χ3v) is 7.61. The average Bonchev–Trinajstić information content (AvgIpc) is 3.41. The zero-order valence-electron chi connectivity index (χ0n) is 25.1. The number of rotatable bonds is 11. The molecule has 2 aromatic carbocycles. The van der Waals surface area contributed by atoms with E-state index in [-0.39, 0.29) is 24.3 Å². The summed E-state index contributed by atoms with van der Waals surface area (Å²) in [6.45, 7) is 6.47. The van der Waals surface area contributed by atoms with Crippen LogP contribution in [0.25, 0.3) is 0 Å². The Morgan fingerprint density at radius 3 is 2.44 bits per heavy atom. The number of likely N-dealkylation sites (tertiary alicyclic amines) is 1. The molecule has 0 unspecified atom stereocenters. The number of nitrogens with one attached hydrogen (secondary N) is 4. The van der Waals surface area contributed by atoms with Crippen molar-refractivity contribution in [1.29, 1.82) is 0 Å². The number of hydrazine groups is 1. The van der Waals surface area contributed by atoms with E-state index in [9.17, 15) is 14.4 Å². The molecule has 230 valence electrons. The monoisotopic (exact) mass is 609 g/mol. The summed E-state index contributed by atoms with van der Waals surface area (Å²) >= 11 is 1.15. The fourth-order valence-corrected chi connectivity index (χ4v) is 5.22. The minimum absolute atomic E-state index is 0.0376. The molecule has 1 fully saturated rings. The van der Waals surface area contributed by atoms with Crippen LogP contribution in [0.15, 0.2) is 48.7 Å². The Hall–Kier alpha value is -4.20. The van der Waals surface area contributed by atoms with Crippen molar-refractivity contribution in [2.24, 2.45) is 0 Å². The summed E-state index contributed by atoms with van der Waals surface area (Å²) in [6.07, 6.45) is 3.68. The first-order valence-electron chi connectivity index (χ1n) is 14.1. The zero-order chi connectivity index (χ0) is 30.9. The maximum Gasteiger partial charge on any atom is 0.333 e. The van der Waals surface area contributed by atoms with Crippen LogP contribution in [0.2, 0.25) is 0 Å². The minimum atomic E-state index is -0.419. The van der Waals surface area contributed by atoms with Gasteiger partial charge in [0, 0.05) is 57.1 Å². The van der Waals surface area contributed by atoms with Crippen LogP contribution >= 0.6 is 11.3 Å². The highest BCUT2D eigenvalue weighted by molar-refractivity contribution is 7.17. The van der Waals surface area contributed by atoms with Gasteiger partial charge in [-0.15, -0.1) is 0 Å². The van der Waals surface area contributed by atoms with E-state index < -0.39 is 6.03 Å². The maximum atomic E-state index is 12.9. The quantitative estimate of drug-likeness (QED) is 0.236. The van der Waals surface area contributed by atoms with Crippen molar-refractivity contribution in [3.8, 4) is 16.6 Å². The molecule has 4 rings (SSSR count). The Balaban J connectivity index is 1.35. The maximum absolute atomic E-state index is 12.9. The van der Waals surface area contributed by atoms with E-state index in [1.165, 1.54) is 11.2 Å². The number of carbonyl (C=O) groups is 3. The van der Waals surface area contributed by atoms with Crippen LogP contribution < -0.4 is 30.8 Å². The first kappa shape index (κ1) is 31.7. The molecule has 12 nitrogen and oxygen atoms in total. The van der Waals surface area contributed by atoms with Crippen molar-refractivity contribution in [2.45, 2.75) is 45.3 Å². The smallest absolute Gasteiger partial charge is 0.333 e. The van der Waals surface area contributed by atoms with Gasteiger partial charge in [-0.3, -0.25) is 20.3 Å². The molecule has 0 saturated carbocycles. The van der Waals surface area contributed by atoms with Crippen LogP contribution in [0.5, 0.6) is 16.6 Å². The highest BCUT2D eigenvalue weighted by atomic mass is 32.1. The molecule has 1 aromatic heterocycles. The molecule has 3 aromatic rings. The van der Waals surface area contributed by atoms with Crippen molar-refractivity contribution in [3.05, 3.63) is 59.8 Å². The standard InChI is InChI=1S/C30H39N7O5S/c1-19(2)37-14-12-24(13-15-37)41-23-9-6-20(7-10-23)28(39)34-30-32-18-27(43-30)42-25-11-8-22(33-29(40)35-36(4)5)16-21(25)17-26(38)31-3/h6-11,16,18-19,24H,12-15,17H2,1-5H3,(H,31,38)(H,32,34,39)(H2,33,35,40). The van der Waals surface area contributed by atoms with Crippen LogP contribution in [-0.4, -0.2) is 79.1 Å². The molecule has 43 heavy (non-hydrogen) atoms. The largest absolute Gasteiger partial charge is 0.490 e. The molecule has 1 aliphatic rings. The molecule has 4 amide bonds. The summed E-state index contributed by atoms with van der Waals surface area (Å²) in [5.74, 6) is 0.653. The van der Waals surface area contributed by atoms with Gasteiger partial charge in [0.15, 0.2) is 5.13 Å². The Morgan fingerprint density at radius 2 is 1.79 bits per heavy atom. The number of ether oxygens (including phenoxy) is 2. The van der Waals surface area contributed by atoms with Crippen molar-refractivity contribution < 1.29 is 23.9 Å². The number of hydrogen-bond acceptors (Lipinski definition) is 9. The lowest BCUT2D eigenvalue weighted by molar-refractivity contribution is -0.119. The second-order valence-corrected chi connectivity index (χ2v) is 11.6. The highest BCUT2D eigenvalue weighted by Crippen LogP contribution is 2.34. The van der Waals surface area contributed by atoms with E-state index in [0.717, 1.165) is 43.0 Å². The Morgan fingerprint density at radius 1 is 1.07 bits per heavy atom. The van der Waals surface area contributed by atoms with Crippen LogP contribution in [0.4, 0.5) is 15.6 Å². The lowest BCUT2D eigenvalue weighted by atomic mass is 10.1. The molecule has 4 N–H and O–H groups in total. The fourth-order valence-electron chi connectivity index (χ4n) is 4.55. The normalized spacial score (nSPS) is 13.9. The summed E-state index contributed by atoms with van der Waals surface area (Å²) in [5.41, 5.74) is 4.13. The first-order chi connectivity index (χ1) is 20.6. The zero-order valence-corrected chi connectivity index (χ0v) is 25.9. The molecule has 0 atom stereocenters. The predicted octanol–water partition coefficient (Wildman–Crippen LogP) is 4.33. The summed E-state index contributed by atoms with van der Waals surface area (Å²) in [5, 5.41) is 10.4. The van der Waals surface area contributed by atoms with Gasteiger partial charge < -0.3 is 25.0 Å². The van der Waals surface area contributed by atoms with E-state index >= 15 is 0 Å². The van der Waals surface area contributed by atoms with Gasteiger partial charge in [0.05, 0.1) is 12.6 Å².